The molecule has 0 radical (unpaired) electrons. The summed E-state index contributed by atoms with van der Waals surface area (Å²) in [5.74, 6) is -1.13. The summed E-state index contributed by atoms with van der Waals surface area (Å²) in [6.07, 6.45) is 1.15. The first-order valence-electron chi connectivity index (χ1n) is 7.49. The van der Waals surface area contributed by atoms with Crippen LogP contribution < -0.4 is 0 Å². The average Bonchev–Trinajstić information content (AvgIpc) is 2.97. The predicted molar refractivity (Wildman–Crippen MR) is 84.9 cm³/mol. The lowest BCUT2D eigenvalue weighted by molar-refractivity contribution is 0.0763. The van der Waals surface area contributed by atoms with E-state index >= 15 is 0 Å². The molecule has 8 heteroatoms. The molecule has 0 spiro atoms. The molecule has 0 saturated carbocycles. The molecule has 2 heterocycles. The second-order valence-electron chi connectivity index (χ2n) is 5.71. The normalized spacial score (nSPS) is 11.3. The standard InChI is InChI=1S/C17H15F3N4O/c1-10-3-4-12(18)11(7-10)9-23(2)17(25)15-14(16(19)20)22-13-8-21-5-6-24(13)15/h3-8,16H,9H2,1-2H3. The highest BCUT2D eigenvalue weighted by Gasteiger charge is 2.27. The molecule has 0 aliphatic carbocycles. The van der Waals surface area contributed by atoms with Gasteiger partial charge in [-0.1, -0.05) is 17.7 Å². The molecule has 3 aromatic rings. The number of carbonyl (C=O) groups excluding carboxylic acids is 1. The molecule has 5 nitrogen and oxygen atoms in total. The van der Waals surface area contributed by atoms with Crippen molar-refractivity contribution in [3.63, 3.8) is 0 Å². The van der Waals surface area contributed by atoms with Gasteiger partial charge in [0.1, 0.15) is 17.2 Å². The van der Waals surface area contributed by atoms with E-state index in [4.69, 9.17) is 0 Å². The number of hydrogen-bond acceptors (Lipinski definition) is 3. The van der Waals surface area contributed by atoms with Gasteiger partial charge in [0.15, 0.2) is 5.65 Å². The van der Waals surface area contributed by atoms with Crippen LogP contribution in [0.25, 0.3) is 5.65 Å². The van der Waals surface area contributed by atoms with Crippen molar-refractivity contribution in [3.05, 3.63) is 65.1 Å². The minimum atomic E-state index is -2.91. The van der Waals surface area contributed by atoms with Gasteiger partial charge in [-0.15, -0.1) is 0 Å². The van der Waals surface area contributed by atoms with Crippen molar-refractivity contribution < 1.29 is 18.0 Å². The maximum atomic E-state index is 13.9. The third-order valence-corrected chi connectivity index (χ3v) is 3.82. The first-order chi connectivity index (χ1) is 11.9. The zero-order valence-electron chi connectivity index (χ0n) is 13.6. The molecule has 0 atom stereocenters. The fourth-order valence-corrected chi connectivity index (χ4v) is 2.62. The van der Waals surface area contributed by atoms with E-state index in [9.17, 15) is 18.0 Å². The Labute approximate surface area is 141 Å². The van der Waals surface area contributed by atoms with Crippen molar-refractivity contribution in [2.45, 2.75) is 19.9 Å². The van der Waals surface area contributed by atoms with Crippen LogP contribution in [-0.2, 0) is 6.54 Å². The van der Waals surface area contributed by atoms with Gasteiger partial charge in [-0.05, 0) is 13.0 Å². The van der Waals surface area contributed by atoms with Crippen LogP contribution in [0.3, 0.4) is 0 Å². The number of hydrogen-bond donors (Lipinski definition) is 0. The third kappa shape index (κ3) is 3.19. The minimum absolute atomic E-state index is 0.0483. The second-order valence-corrected chi connectivity index (χ2v) is 5.71. The van der Waals surface area contributed by atoms with E-state index in [1.165, 1.54) is 41.0 Å². The number of aromatic nitrogens is 3. The van der Waals surface area contributed by atoms with Crippen LogP contribution in [0.15, 0.2) is 36.8 Å². The number of amides is 1. The fraction of sp³-hybridized carbons (Fsp3) is 0.235. The lowest BCUT2D eigenvalue weighted by atomic mass is 10.1. The van der Waals surface area contributed by atoms with Gasteiger partial charge >= 0.3 is 0 Å². The van der Waals surface area contributed by atoms with Gasteiger partial charge in [0.05, 0.1) is 6.20 Å². The number of rotatable bonds is 4. The quantitative estimate of drug-likeness (QED) is 0.726. The van der Waals surface area contributed by atoms with Crippen LogP contribution >= 0.6 is 0 Å². The van der Waals surface area contributed by atoms with Gasteiger partial charge in [0, 0.05) is 31.5 Å². The fourth-order valence-electron chi connectivity index (χ4n) is 2.62. The highest BCUT2D eigenvalue weighted by Crippen LogP contribution is 2.25. The summed E-state index contributed by atoms with van der Waals surface area (Å²) in [7, 11) is 1.43. The molecular formula is C17H15F3N4O. The monoisotopic (exact) mass is 348 g/mol. The zero-order chi connectivity index (χ0) is 18.1. The lowest BCUT2D eigenvalue weighted by Gasteiger charge is -2.18. The van der Waals surface area contributed by atoms with Crippen LogP contribution in [0, 0.1) is 12.7 Å². The number of nitrogens with zero attached hydrogens (tertiary/aromatic N) is 4. The topological polar surface area (TPSA) is 50.5 Å². The summed E-state index contributed by atoms with van der Waals surface area (Å²) in [6, 6.07) is 4.55. The van der Waals surface area contributed by atoms with Crippen LogP contribution in [-0.4, -0.2) is 32.2 Å². The number of aryl methyl sites for hydroxylation is 1. The maximum Gasteiger partial charge on any atom is 0.282 e. The number of fused-ring (bicyclic) bond motifs is 1. The zero-order valence-corrected chi connectivity index (χ0v) is 13.6. The van der Waals surface area contributed by atoms with Crippen molar-refractivity contribution in [2.75, 3.05) is 7.05 Å². The molecule has 1 amide bonds. The summed E-state index contributed by atoms with van der Waals surface area (Å²) in [4.78, 5) is 21.5. The molecule has 3 rings (SSSR count). The smallest absolute Gasteiger partial charge is 0.282 e. The van der Waals surface area contributed by atoms with Gasteiger partial charge in [-0.2, -0.15) is 0 Å². The molecule has 1 aromatic carbocycles. The van der Waals surface area contributed by atoms with Crippen molar-refractivity contribution in [3.8, 4) is 0 Å². The highest BCUT2D eigenvalue weighted by atomic mass is 19.3. The lowest BCUT2D eigenvalue weighted by Crippen LogP contribution is -2.28. The largest absolute Gasteiger partial charge is 0.336 e. The van der Waals surface area contributed by atoms with Crippen molar-refractivity contribution in [1.82, 2.24) is 19.3 Å². The van der Waals surface area contributed by atoms with Gasteiger partial charge in [-0.25, -0.2) is 18.2 Å². The van der Waals surface area contributed by atoms with E-state index in [-0.39, 0.29) is 17.9 Å². The number of carbonyl (C=O) groups is 1. The van der Waals surface area contributed by atoms with E-state index in [1.54, 1.807) is 19.1 Å². The van der Waals surface area contributed by atoms with Gasteiger partial charge < -0.3 is 4.90 Å². The molecule has 0 fully saturated rings. The second kappa shape index (κ2) is 6.54. The highest BCUT2D eigenvalue weighted by molar-refractivity contribution is 5.94. The van der Waals surface area contributed by atoms with Crippen LogP contribution in [0.2, 0.25) is 0 Å². The van der Waals surface area contributed by atoms with Crippen molar-refractivity contribution in [1.29, 1.82) is 0 Å². The first kappa shape index (κ1) is 16.9. The molecule has 0 aliphatic rings. The van der Waals surface area contributed by atoms with E-state index in [2.05, 4.69) is 9.97 Å². The van der Waals surface area contributed by atoms with E-state index in [0.29, 0.717) is 5.56 Å². The van der Waals surface area contributed by atoms with E-state index in [1.807, 2.05) is 0 Å². The predicted octanol–water partition coefficient (Wildman–Crippen LogP) is 3.39. The molecule has 0 unspecified atom stereocenters. The van der Waals surface area contributed by atoms with Crippen molar-refractivity contribution in [2.24, 2.45) is 0 Å². The molecule has 0 bridgehead atoms. The first-order valence-corrected chi connectivity index (χ1v) is 7.49. The summed E-state index contributed by atoms with van der Waals surface area (Å²) in [5.41, 5.74) is 0.435. The molecule has 0 N–H and O–H groups in total. The molecule has 0 saturated heterocycles. The molecular weight excluding hydrogens is 333 g/mol. The van der Waals surface area contributed by atoms with Crippen LogP contribution in [0.1, 0.15) is 33.7 Å². The molecule has 2 aromatic heterocycles. The maximum absolute atomic E-state index is 13.9. The number of imidazole rings is 1. The van der Waals surface area contributed by atoms with Crippen LogP contribution in [0.4, 0.5) is 13.2 Å². The summed E-state index contributed by atoms with van der Waals surface area (Å²) in [6.45, 7) is 1.75. The Balaban J connectivity index is 1.98. The SMILES string of the molecule is Cc1ccc(F)c(CN(C)C(=O)c2c(C(F)F)nc3cnccn23)c1. The number of halogens is 3. The third-order valence-electron chi connectivity index (χ3n) is 3.82. The Morgan fingerprint density at radius 2 is 2.12 bits per heavy atom. The number of alkyl halides is 2. The van der Waals surface area contributed by atoms with Crippen molar-refractivity contribution >= 4 is 11.6 Å². The summed E-state index contributed by atoms with van der Waals surface area (Å²) in [5, 5.41) is 0. The number of benzene rings is 1. The Morgan fingerprint density at radius 1 is 1.36 bits per heavy atom. The van der Waals surface area contributed by atoms with E-state index in [0.717, 1.165) is 5.56 Å². The molecule has 0 aliphatic heterocycles. The Bertz CT molecular complexity index is 939. The molecule has 130 valence electrons. The average molecular weight is 348 g/mol. The van der Waals surface area contributed by atoms with Gasteiger partial charge in [0.25, 0.3) is 12.3 Å². The minimum Gasteiger partial charge on any atom is -0.336 e. The Morgan fingerprint density at radius 3 is 2.84 bits per heavy atom. The van der Waals surface area contributed by atoms with Crippen LogP contribution in [0.5, 0.6) is 0 Å². The van der Waals surface area contributed by atoms with Gasteiger partial charge in [-0.3, -0.25) is 14.2 Å². The summed E-state index contributed by atoms with van der Waals surface area (Å²) >= 11 is 0. The Kier molecular flexibility index (Phi) is 4.43. The summed E-state index contributed by atoms with van der Waals surface area (Å²) < 4.78 is 41.8. The Hall–Kier alpha value is -2.90. The van der Waals surface area contributed by atoms with E-state index < -0.39 is 23.8 Å². The van der Waals surface area contributed by atoms with Gasteiger partial charge in [0.2, 0.25) is 0 Å². The molecule has 25 heavy (non-hydrogen) atoms.